The average molecular weight is 313 g/mol. The Balaban J connectivity index is 1.70. The first kappa shape index (κ1) is 15.3. The summed E-state index contributed by atoms with van der Waals surface area (Å²) in [6.45, 7) is 0.676. The third-order valence-electron chi connectivity index (χ3n) is 4.21. The Kier molecular flexibility index (Phi) is 4.41. The summed E-state index contributed by atoms with van der Waals surface area (Å²) in [5.74, 6) is -0.0856. The van der Waals surface area contributed by atoms with E-state index < -0.39 is 11.2 Å². The number of carbonyl (C=O) groups excluding carboxylic acids is 1. The SMILES string of the molecule is O=C(Cn1ccc(=O)[nH]c1=O)N1CCCC1Cc1ccccc1. The van der Waals surface area contributed by atoms with E-state index in [2.05, 4.69) is 17.1 Å². The molecule has 1 atom stereocenters. The fourth-order valence-electron chi connectivity index (χ4n) is 3.07. The van der Waals surface area contributed by atoms with Crippen molar-refractivity contribution in [2.24, 2.45) is 0 Å². The van der Waals surface area contributed by atoms with Gasteiger partial charge in [-0.15, -0.1) is 0 Å². The van der Waals surface area contributed by atoms with Crippen LogP contribution < -0.4 is 11.2 Å². The zero-order chi connectivity index (χ0) is 16.2. The Hall–Kier alpha value is -2.63. The molecule has 0 spiro atoms. The summed E-state index contributed by atoms with van der Waals surface area (Å²) < 4.78 is 1.24. The Morgan fingerprint density at radius 3 is 2.70 bits per heavy atom. The maximum Gasteiger partial charge on any atom is 0.328 e. The van der Waals surface area contributed by atoms with Crippen molar-refractivity contribution in [3.05, 3.63) is 69.0 Å². The van der Waals surface area contributed by atoms with Crippen LogP contribution in [-0.4, -0.2) is 32.9 Å². The first-order valence-electron chi connectivity index (χ1n) is 7.76. The van der Waals surface area contributed by atoms with E-state index in [1.807, 2.05) is 23.1 Å². The number of rotatable bonds is 4. The lowest BCUT2D eigenvalue weighted by atomic mass is 10.0. The molecule has 0 bridgehead atoms. The molecule has 0 aliphatic carbocycles. The summed E-state index contributed by atoms with van der Waals surface area (Å²) in [6.07, 6.45) is 4.14. The van der Waals surface area contributed by atoms with Gasteiger partial charge in [-0.1, -0.05) is 30.3 Å². The molecule has 1 aliphatic heterocycles. The molecule has 6 heteroatoms. The Morgan fingerprint density at radius 2 is 1.96 bits per heavy atom. The molecule has 2 heterocycles. The lowest BCUT2D eigenvalue weighted by molar-refractivity contribution is -0.132. The van der Waals surface area contributed by atoms with Gasteiger partial charge in [-0.3, -0.25) is 19.1 Å². The summed E-state index contributed by atoms with van der Waals surface area (Å²) >= 11 is 0. The molecule has 1 aliphatic rings. The summed E-state index contributed by atoms with van der Waals surface area (Å²) in [5.41, 5.74) is 0.199. The van der Waals surface area contributed by atoms with E-state index in [-0.39, 0.29) is 18.5 Å². The van der Waals surface area contributed by atoms with Crippen LogP contribution in [0.1, 0.15) is 18.4 Å². The van der Waals surface area contributed by atoms with Crippen molar-refractivity contribution in [3.63, 3.8) is 0 Å². The highest BCUT2D eigenvalue weighted by atomic mass is 16.2. The van der Waals surface area contributed by atoms with E-state index in [0.29, 0.717) is 6.54 Å². The normalized spacial score (nSPS) is 17.4. The predicted octanol–water partition coefficient (Wildman–Crippen LogP) is 0.770. The fourth-order valence-corrected chi connectivity index (χ4v) is 3.07. The predicted molar refractivity (Wildman–Crippen MR) is 86.2 cm³/mol. The molecular formula is C17H19N3O3. The van der Waals surface area contributed by atoms with Gasteiger partial charge < -0.3 is 4.90 Å². The third kappa shape index (κ3) is 3.59. The van der Waals surface area contributed by atoms with Crippen molar-refractivity contribution in [1.29, 1.82) is 0 Å². The van der Waals surface area contributed by atoms with Crippen molar-refractivity contribution < 1.29 is 4.79 Å². The average Bonchev–Trinajstić information content (AvgIpc) is 2.99. The van der Waals surface area contributed by atoms with Crippen molar-refractivity contribution in [2.45, 2.75) is 31.8 Å². The Morgan fingerprint density at radius 1 is 1.17 bits per heavy atom. The number of H-pyrrole nitrogens is 1. The van der Waals surface area contributed by atoms with E-state index in [1.165, 1.54) is 22.4 Å². The number of amides is 1. The summed E-state index contributed by atoms with van der Waals surface area (Å²) in [5, 5.41) is 0. The second kappa shape index (κ2) is 6.64. The minimum atomic E-state index is -0.551. The molecule has 1 aromatic carbocycles. The van der Waals surface area contributed by atoms with Crippen LogP contribution in [0.15, 0.2) is 52.2 Å². The van der Waals surface area contributed by atoms with Crippen LogP contribution in [-0.2, 0) is 17.8 Å². The molecule has 0 radical (unpaired) electrons. The zero-order valence-electron chi connectivity index (χ0n) is 12.8. The van der Waals surface area contributed by atoms with E-state index in [1.54, 1.807) is 0 Å². The summed E-state index contributed by atoms with van der Waals surface area (Å²) in [4.78, 5) is 39.3. The minimum absolute atomic E-state index is 0.0408. The summed E-state index contributed by atoms with van der Waals surface area (Å²) in [7, 11) is 0. The van der Waals surface area contributed by atoms with E-state index in [9.17, 15) is 14.4 Å². The lowest BCUT2D eigenvalue weighted by Gasteiger charge is -2.25. The third-order valence-corrected chi connectivity index (χ3v) is 4.21. The van der Waals surface area contributed by atoms with Crippen LogP contribution in [0.4, 0.5) is 0 Å². The van der Waals surface area contributed by atoms with Crippen molar-refractivity contribution >= 4 is 5.91 Å². The van der Waals surface area contributed by atoms with Gasteiger partial charge in [0.05, 0.1) is 0 Å². The summed E-state index contributed by atoms with van der Waals surface area (Å²) in [6, 6.07) is 11.5. The highest BCUT2D eigenvalue weighted by Crippen LogP contribution is 2.21. The smallest absolute Gasteiger partial charge is 0.328 e. The highest BCUT2D eigenvalue weighted by Gasteiger charge is 2.28. The molecule has 1 aromatic heterocycles. The molecule has 6 nitrogen and oxygen atoms in total. The number of hydrogen-bond acceptors (Lipinski definition) is 3. The second-order valence-corrected chi connectivity index (χ2v) is 5.81. The van der Waals surface area contributed by atoms with Gasteiger partial charge in [0.25, 0.3) is 5.56 Å². The number of carbonyl (C=O) groups is 1. The van der Waals surface area contributed by atoms with Crippen LogP contribution in [0.5, 0.6) is 0 Å². The first-order valence-corrected chi connectivity index (χ1v) is 7.76. The highest BCUT2D eigenvalue weighted by molar-refractivity contribution is 5.76. The van der Waals surface area contributed by atoms with Gasteiger partial charge >= 0.3 is 5.69 Å². The number of aromatic amines is 1. The Labute approximate surface area is 133 Å². The topological polar surface area (TPSA) is 75.2 Å². The van der Waals surface area contributed by atoms with Gasteiger partial charge in [-0.25, -0.2) is 4.79 Å². The quantitative estimate of drug-likeness (QED) is 0.906. The molecule has 1 N–H and O–H groups in total. The molecule has 0 saturated carbocycles. The van der Waals surface area contributed by atoms with Gasteiger partial charge in [-0.05, 0) is 24.8 Å². The van der Waals surface area contributed by atoms with Crippen molar-refractivity contribution in [1.82, 2.24) is 14.5 Å². The number of nitrogens with one attached hydrogen (secondary N) is 1. The number of likely N-dealkylation sites (tertiary alicyclic amines) is 1. The molecule has 3 rings (SSSR count). The van der Waals surface area contributed by atoms with Crippen LogP contribution in [0.3, 0.4) is 0 Å². The molecule has 23 heavy (non-hydrogen) atoms. The number of nitrogens with zero attached hydrogens (tertiary/aromatic N) is 2. The monoisotopic (exact) mass is 313 g/mol. The van der Waals surface area contributed by atoms with Crippen molar-refractivity contribution in [2.75, 3.05) is 6.54 Å². The molecule has 1 amide bonds. The maximum atomic E-state index is 12.5. The van der Waals surface area contributed by atoms with Gasteiger partial charge in [0, 0.05) is 24.8 Å². The fraction of sp³-hybridized carbons (Fsp3) is 0.353. The van der Waals surface area contributed by atoms with Gasteiger partial charge in [0.2, 0.25) is 5.91 Å². The van der Waals surface area contributed by atoms with Crippen molar-refractivity contribution in [3.8, 4) is 0 Å². The van der Waals surface area contributed by atoms with E-state index >= 15 is 0 Å². The zero-order valence-corrected chi connectivity index (χ0v) is 12.8. The second-order valence-electron chi connectivity index (χ2n) is 5.81. The van der Waals surface area contributed by atoms with Crippen LogP contribution in [0.25, 0.3) is 0 Å². The maximum absolute atomic E-state index is 12.5. The molecule has 1 saturated heterocycles. The number of hydrogen-bond donors (Lipinski definition) is 1. The van der Waals surface area contributed by atoms with E-state index in [0.717, 1.165) is 19.3 Å². The van der Waals surface area contributed by atoms with Crippen LogP contribution in [0, 0.1) is 0 Å². The van der Waals surface area contributed by atoms with Gasteiger partial charge in [0.1, 0.15) is 6.54 Å². The standard InChI is InChI=1S/C17H19N3O3/c21-15-8-10-19(17(23)18-15)12-16(22)20-9-4-7-14(20)11-13-5-2-1-3-6-13/h1-3,5-6,8,10,14H,4,7,9,11-12H2,(H,18,21,23). The Bertz CT molecular complexity index is 794. The van der Waals surface area contributed by atoms with Gasteiger partial charge in [0.15, 0.2) is 0 Å². The van der Waals surface area contributed by atoms with Gasteiger partial charge in [-0.2, -0.15) is 0 Å². The largest absolute Gasteiger partial charge is 0.338 e. The van der Waals surface area contributed by atoms with Crippen LogP contribution >= 0.6 is 0 Å². The minimum Gasteiger partial charge on any atom is -0.338 e. The molecule has 120 valence electrons. The lowest BCUT2D eigenvalue weighted by Crippen LogP contribution is -2.41. The molecule has 1 fully saturated rings. The molecule has 1 unspecified atom stereocenters. The molecular weight excluding hydrogens is 294 g/mol. The number of benzene rings is 1. The number of aromatic nitrogens is 2. The van der Waals surface area contributed by atoms with Crippen LogP contribution in [0.2, 0.25) is 0 Å². The first-order chi connectivity index (χ1) is 11.1. The van der Waals surface area contributed by atoms with E-state index in [4.69, 9.17) is 0 Å². The molecule has 2 aromatic rings.